The van der Waals surface area contributed by atoms with Crippen LogP contribution in [0.1, 0.15) is 11.1 Å². The minimum atomic E-state index is -0.730. The van der Waals surface area contributed by atoms with Crippen LogP contribution in [0.4, 0.5) is 0 Å². The van der Waals surface area contributed by atoms with Crippen LogP contribution in [0.25, 0.3) is 11.1 Å². The average molecular weight is 320 g/mol. The van der Waals surface area contributed by atoms with E-state index in [0.29, 0.717) is 19.8 Å². The van der Waals surface area contributed by atoms with Gasteiger partial charge in [-0.2, -0.15) is 0 Å². The molecule has 0 saturated carbocycles. The molecule has 4 heteroatoms. The second-order valence-electron chi connectivity index (χ2n) is 6.13. The predicted molar refractivity (Wildman–Crippen MR) is 92.4 cm³/mol. The molecule has 0 N–H and O–H groups in total. The van der Waals surface area contributed by atoms with Gasteiger partial charge in [-0.3, -0.25) is 0 Å². The molecule has 0 atom stereocenters. The molecule has 24 heavy (non-hydrogen) atoms. The zero-order chi connectivity index (χ0) is 16.4. The quantitative estimate of drug-likeness (QED) is 0.734. The van der Waals surface area contributed by atoms with Crippen molar-refractivity contribution in [1.82, 2.24) is 9.55 Å². The van der Waals surface area contributed by atoms with Gasteiger partial charge >= 0.3 is 0 Å². The van der Waals surface area contributed by atoms with Crippen LogP contribution in [-0.2, 0) is 21.8 Å². The summed E-state index contributed by atoms with van der Waals surface area (Å²) in [4.78, 5) is 4.10. The van der Waals surface area contributed by atoms with Gasteiger partial charge in [0.25, 0.3) is 0 Å². The Balaban J connectivity index is 1.63. The van der Waals surface area contributed by atoms with Gasteiger partial charge in [-0.1, -0.05) is 54.1 Å². The van der Waals surface area contributed by atoms with E-state index in [-0.39, 0.29) is 0 Å². The Labute approximate surface area is 141 Å². The first-order valence-corrected chi connectivity index (χ1v) is 8.16. The molecular weight excluding hydrogens is 300 g/mol. The molecule has 0 spiro atoms. The number of benzene rings is 2. The fourth-order valence-corrected chi connectivity index (χ4v) is 3.09. The summed E-state index contributed by atoms with van der Waals surface area (Å²) in [5.41, 5.74) is 4.70. The third-order valence-corrected chi connectivity index (χ3v) is 4.41. The maximum Gasteiger partial charge on any atom is 0.213 e. The maximum atomic E-state index is 5.99. The van der Waals surface area contributed by atoms with Gasteiger partial charge in [0.1, 0.15) is 0 Å². The summed E-state index contributed by atoms with van der Waals surface area (Å²) < 4.78 is 14.0. The first-order valence-electron chi connectivity index (χ1n) is 8.16. The number of aryl methyl sites for hydroxylation is 1. The molecule has 122 valence electrons. The third kappa shape index (κ3) is 2.86. The lowest BCUT2D eigenvalue weighted by Crippen LogP contribution is -2.32. The Morgan fingerprint density at radius 2 is 1.58 bits per heavy atom. The standard InChI is InChI=1S/C20H20N2O2/c1-16-2-4-17(5-3-16)18-6-8-19(9-7-18)20(23-12-13-24-20)14-22-11-10-21-15-22/h2-11,15H,12-14H2,1H3. The minimum absolute atomic E-state index is 0.594. The lowest BCUT2D eigenvalue weighted by Gasteiger charge is -2.28. The van der Waals surface area contributed by atoms with Crippen molar-refractivity contribution < 1.29 is 9.47 Å². The molecule has 1 saturated heterocycles. The second kappa shape index (κ2) is 6.23. The highest BCUT2D eigenvalue weighted by molar-refractivity contribution is 5.64. The summed E-state index contributed by atoms with van der Waals surface area (Å²) in [6.07, 6.45) is 5.48. The monoisotopic (exact) mass is 320 g/mol. The second-order valence-corrected chi connectivity index (χ2v) is 6.13. The highest BCUT2D eigenvalue weighted by Gasteiger charge is 2.39. The van der Waals surface area contributed by atoms with Gasteiger partial charge in [0.2, 0.25) is 5.79 Å². The molecule has 0 aliphatic carbocycles. The smallest absolute Gasteiger partial charge is 0.213 e. The molecule has 2 heterocycles. The first-order chi connectivity index (χ1) is 11.8. The lowest BCUT2D eigenvalue weighted by atomic mass is 9.99. The van der Waals surface area contributed by atoms with Crippen LogP contribution >= 0.6 is 0 Å². The average Bonchev–Trinajstić information content (AvgIpc) is 3.29. The van der Waals surface area contributed by atoms with Gasteiger partial charge in [-0.05, 0) is 18.1 Å². The number of hydrogen-bond donors (Lipinski definition) is 0. The summed E-state index contributed by atoms with van der Waals surface area (Å²) >= 11 is 0. The Morgan fingerprint density at radius 1 is 0.958 bits per heavy atom. The van der Waals surface area contributed by atoms with Crippen molar-refractivity contribution in [1.29, 1.82) is 0 Å². The number of aromatic nitrogens is 2. The SMILES string of the molecule is Cc1ccc(-c2ccc(C3(Cn4ccnc4)OCCO3)cc2)cc1. The largest absolute Gasteiger partial charge is 0.342 e. The Kier molecular flexibility index (Phi) is 3.92. The van der Waals surface area contributed by atoms with Crippen molar-refractivity contribution in [3.8, 4) is 11.1 Å². The van der Waals surface area contributed by atoms with E-state index in [1.165, 1.54) is 16.7 Å². The summed E-state index contributed by atoms with van der Waals surface area (Å²) in [7, 11) is 0. The molecule has 3 aromatic rings. The van der Waals surface area contributed by atoms with E-state index in [0.717, 1.165) is 5.56 Å². The Bertz CT molecular complexity index is 787. The first kappa shape index (κ1) is 15.1. The molecule has 1 aromatic heterocycles. The summed E-state index contributed by atoms with van der Waals surface area (Å²) in [5.74, 6) is -0.730. The van der Waals surface area contributed by atoms with Crippen LogP contribution in [0.2, 0.25) is 0 Å². The summed E-state index contributed by atoms with van der Waals surface area (Å²) in [6, 6.07) is 17.0. The van der Waals surface area contributed by atoms with Gasteiger partial charge in [0.05, 0.1) is 26.1 Å². The maximum absolute atomic E-state index is 5.99. The van der Waals surface area contributed by atoms with Gasteiger partial charge in [-0.25, -0.2) is 4.98 Å². The Hall–Kier alpha value is -2.43. The van der Waals surface area contributed by atoms with Crippen molar-refractivity contribution in [2.45, 2.75) is 19.3 Å². The van der Waals surface area contributed by atoms with Gasteiger partial charge in [0.15, 0.2) is 0 Å². The van der Waals surface area contributed by atoms with Crippen LogP contribution in [0, 0.1) is 6.92 Å². The zero-order valence-electron chi connectivity index (χ0n) is 13.7. The van der Waals surface area contributed by atoms with Gasteiger partial charge in [-0.15, -0.1) is 0 Å². The normalized spacial score (nSPS) is 16.4. The fraction of sp³-hybridized carbons (Fsp3) is 0.250. The molecule has 0 amide bonds. The molecule has 4 rings (SSSR count). The van der Waals surface area contributed by atoms with E-state index in [2.05, 4.69) is 60.4 Å². The number of ether oxygens (including phenoxy) is 2. The van der Waals surface area contributed by atoms with Crippen LogP contribution in [0.3, 0.4) is 0 Å². The predicted octanol–water partition coefficient (Wildman–Crippen LogP) is 3.76. The van der Waals surface area contributed by atoms with E-state index < -0.39 is 5.79 Å². The number of hydrogen-bond acceptors (Lipinski definition) is 3. The topological polar surface area (TPSA) is 36.3 Å². The number of rotatable bonds is 4. The van der Waals surface area contributed by atoms with E-state index >= 15 is 0 Å². The van der Waals surface area contributed by atoms with E-state index in [4.69, 9.17) is 9.47 Å². The fourth-order valence-electron chi connectivity index (χ4n) is 3.09. The molecule has 0 bridgehead atoms. The molecule has 1 aliphatic rings. The zero-order valence-corrected chi connectivity index (χ0v) is 13.7. The van der Waals surface area contributed by atoms with Crippen molar-refractivity contribution in [3.05, 3.63) is 78.4 Å². The molecule has 1 fully saturated rings. The van der Waals surface area contributed by atoms with Gasteiger partial charge < -0.3 is 14.0 Å². The molecule has 4 nitrogen and oxygen atoms in total. The van der Waals surface area contributed by atoms with Crippen molar-refractivity contribution in [3.63, 3.8) is 0 Å². The lowest BCUT2D eigenvalue weighted by molar-refractivity contribution is -0.176. The number of imidazole rings is 1. The van der Waals surface area contributed by atoms with E-state index in [1.807, 2.05) is 10.8 Å². The van der Waals surface area contributed by atoms with Crippen LogP contribution < -0.4 is 0 Å². The highest BCUT2D eigenvalue weighted by Crippen LogP contribution is 2.34. The van der Waals surface area contributed by atoms with Crippen LogP contribution in [-0.4, -0.2) is 22.8 Å². The van der Waals surface area contributed by atoms with Crippen LogP contribution in [0.15, 0.2) is 67.3 Å². The highest BCUT2D eigenvalue weighted by atomic mass is 16.7. The van der Waals surface area contributed by atoms with Crippen molar-refractivity contribution >= 4 is 0 Å². The summed E-state index contributed by atoms with van der Waals surface area (Å²) in [6.45, 7) is 3.90. The molecule has 2 aromatic carbocycles. The molecular formula is C20H20N2O2. The van der Waals surface area contributed by atoms with E-state index in [1.54, 1.807) is 12.5 Å². The minimum Gasteiger partial charge on any atom is -0.342 e. The molecule has 0 radical (unpaired) electrons. The van der Waals surface area contributed by atoms with Gasteiger partial charge in [0, 0.05) is 18.0 Å². The third-order valence-electron chi connectivity index (χ3n) is 4.41. The Morgan fingerprint density at radius 3 is 2.17 bits per heavy atom. The number of nitrogens with zero attached hydrogens (tertiary/aromatic N) is 2. The van der Waals surface area contributed by atoms with Crippen molar-refractivity contribution in [2.75, 3.05) is 13.2 Å². The molecule has 1 aliphatic heterocycles. The van der Waals surface area contributed by atoms with Crippen molar-refractivity contribution in [2.24, 2.45) is 0 Å². The van der Waals surface area contributed by atoms with E-state index in [9.17, 15) is 0 Å². The molecule has 0 unspecified atom stereocenters. The van der Waals surface area contributed by atoms with Crippen LogP contribution in [0.5, 0.6) is 0 Å². The summed E-state index contributed by atoms with van der Waals surface area (Å²) in [5, 5.41) is 0.